The molecule has 1 aliphatic rings. The van der Waals surface area contributed by atoms with Crippen LogP contribution < -0.4 is 11.1 Å². The first-order valence-corrected chi connectivity index (χ1v) is 9.57. The first kappa shape index (κ1) is 17.6. The lowest BCUT2D eigenvalue weighted by molar-refractivity contribution is -0.121. The minimum Gasteiger partial charge on any atom is -0.351 e. The number of hydrogen-bond donors (Lipinski definition) is 2. The molecule has 2 atom stereocenters. The van der Waals surface area contributed by atoms with Crippen molar-refractivity contribution in [3.63, 3.8) is 0 Å². The summed E-state index contributed by atoms with van der Waals surface area (Å²) in [6, 6.07) is 13.3. The molecule has 1 saturated heterocycles. The van der Waals surface area contributed by atoms with E-state index in [-0.39, 0.29) is 17.2 Å². The summed E-state index contributed by atoms with van der Waals surface area (Å²) in [4.78, 5) is 12.5. The summed E-state index contributed by atoms with van der Waals surface area (Å²) in [5.41, 5.74) is 8.35. The Balaban J connectivity index is 1.95. The van der Waals surface area contributed by atoms with E-state index in [1.807, 2.05) is 42.5 Å². The monoisotopic (exact) mass is 380 g/mol. The second kappa shape index (κ2) is 7.79. The number of thioether (sulfide) groups is 1. The molecule has 126 valence electrons. The van der Waals surface area contributed by atoms with Crippen molar-refractivity contribution < 1.29 is 4.79 Å². The van der Waals surface area contributed by atoms with Crippen LogP contribution in [0.25, 0.3) is 11.1 Å². The quantitative estimate of drug-likeness (QED) is 0.834. The lowest BCUT2D eigenvalue weighted by Crippen LogP contribution is -2.40. The molecule has 0 aromatic heterocycles. The Labute approximate surface area is 155 Å². The van der Waals surface area contributed by atoms with Crippen LogP contribution in [0.2, 0.25) is 10.0 Å². The Morgan fingerprint density at radius 2 is 1.88 bits per heavy atom. The van der Waals surface area contributed by atoms with E-state index < -0.39 is 0 Å². The molecule has 1 amide bonds. The van der Waals surface area contributed by atoms with Crippen LogP contribution in [-0.2, 0) is 4.79 Å². The van der Waals surface area contributed by atoms with E-state index in [0.29, 0.717) is 16.6 Å². The van der Waals surface area contributed by atoms with Gasteiger partial charge in [0.1, 0.15) is 5.25 Å². The van der Waals surface area contributed by atoms with Gasteiger partial charge in [-0.3, -0.25) is 4.79 Å². The van der Waals surface area contributed by atoms with Gasteiger partial charge in [-0.1, -0.05) is 47.5 Å². The summed E-state index contributed by atoms with van der Waals surface area (Å²) in [5, 5.41) is 3.97. The average Bonchev–Trinajstić information content (AvgIpc) is 2.76. The summed E-state index contributed by atoms with van der Waals surface area (Å²) < 4.78 is 0. The summed E-state index contributed by atoms with van der Waals surface area (Å²) >= 11 is 14.3. The third-order valence-electron chi connectivity index (χ3n) is 4.06. The molecule has 3 rings (SSSR count). The summed E-state index contributed by atoms with van der Waals surface area (Å²) in [6.07, 6.45) is 0.888. The van der Waals surface area contributed by atoms with Gasteiger partial charge in [-0.15, -0.1) is 11.8 Å². The zero-order valence-electron chi connectivity index (χ0n) is 13.0. The largest absolute Gasteiger partial charge is 0.351 e. The van der Waals surface area contributed by atoms with E-state index in [1.165, 1.54) is 0 Å². The number of benzene rings is 2. The van der Waals surface area contributed by atoms with E-state index in [0.717, 1.165) is 28.9 Å². The minimum absolute atomic E-state index is 0.00959. The van der Waals surface area contributed by atoms with Crippen molar-refractivity contribution in [3.05, 3.63) is 58.1 Å². The standard InChI is InChI=1S/C18H18Cl2N2OS/c19-14-5-2-6-15(20)16(14)11-3-1-4-12(9-11)17-18(23)22-13(10-21)7-8-24-17/h1-6,9,13,17H,7-8,10,21H2,(H,22,23). The molecule has 1 fully saturated rings. The highest BCUT2D eigenvalue weighted by Gasteiger charge is 2.27. The van der Waals surface area contributed by atoms with E-state index >= 15 is 0 Å². The minimum atomic E-state index is -0.247. The van der Waals surface area contributed by atoms with Gasteiger partial charge >= 0.3 is 0 Å². The van der Waals surface area contributed by atoms with Gasteiger partial charge in [0.15, 0.2) is 0 Å². The van der Waals surface area contributed by atoms with Crippen LogP contribution >= 0.6 is 35.0 Å². The SMILES string of the molecule is NCC1CCSC(c2cccc(-c3c(Cl)cccc3Cl)c2)C(=O)N1. The highest BCUT2D eigenvalue weighted by atomic mass is 35.5. The number of nitrogens with one attached hydrogen (secondary N) is 1. The van der Waals surface area contributed by atoms with Gasteiger partial charge in [0.2, 0.25) is 5.91 Å². The molecular formula is C18H18Cl2N2OS. The number of rotatable bonds is 3. The Kier molecular flexibility index (Phi) is 5.72. The molecule has 3 N–H and O–H groups in total. The van der Waals surface area contributed by atoms with Gasteiger partial charge in [-0.2, -0.15) is 0 Å². The van der Waals surface area contributed by atoms with E-state index in [4.69, 9.17) is 28.9 Å². The zero-order valence-corrected chi connectivity index (χ0v) is 15.3. The number of carbonyl (C=O) groups is 1. The summed E-state index contributed by atoms with van der Waals surface area (Å²) in [5.74, 6) is 0.901. The van der Waals surface area contributed by atoms with E-state index in [9.17, 15) is 4.79 Å². The molecule has 2 aromatic carbocycles. The molecule has 0 spiro atoms. The van der Waals surface area contributed by atoms with Gasteiger partial charge in [0.05, 0.1) is 0 Å². The smallest absolute Gasteiger partial charge is 0.237 e. The maximum atomic E-state index is 12.5. The fourth-order valence-electron chi connectivity index (χ4n) is 2.81. The molecule has 0 radical (unpaired) electrons. The third-order valence-corrected chi connectivity index (χ3v) is 5.98. The van der Waals surface area contributed by atoms with Gasteiger partial charge < -0.3 is 11.1 Å². The molecule has 1 heterocycles. The molecule has 0 bridgehead atoms. The van der Waals surface area contributed by atoms with Gasteiger partial charge in [-0.25, -0.2) is 0 Å². The lowest BCUT2D eigenvalue weighted by Gasteiger charge is -2.17. The van der Waals surface area contributed by atoms with Crippen molar-refractivity contribution in [2.24, 2.45) is 5.73 Å². The maximum Gasteiger partial charge on any atom is 0.237 e. The van der Waals surface area contributed by atoms with E-state index in [1.54, 1.807) is 11.8 Å². The zero-order chi connectivity index (χ0) is 17.1. The van der Waals surface area contributed by atoms with E-state index in [2.05, 4.69) is 5.32 Å². The van der Waals surface area contributed by atoms with Crippen molar-refractivity contribution in [1.82, 2.24) is 5.32 Å². The fourth-order valence-corrected chi connectivity index (χ4v) is 4.64. The van der Waals surface area contributed by atoms with Crippen LogP contribution in [0.5, 0.6) is 0 Å². The van der Waals surface area contributed by atoms with Gasteiger partial charge in [0, 0.05) is 28.2 Å². The molecule has 2 aromatic rings. The van der Waals surface area contributed by atoms with Crippen LogP contribution in [0.4, 0.5) is 0 Å². The molecule has 0 saturated carbocycles. The van der Waals surface area contributed by atoms with Crippen LogP contribution in [0.3, 0.4) is 0 Å². The van der Waals surface area contributed by atoms with Crippen LogP contribution in [-0.4, -0.2) is 24.2 Å². The average molecular weight is 381 g/mol. The fraction of sp³-hybridized carbons (Fsp3) is 0.278. The number of nitrogens with two attached hydrogens (primary N) is 1. The first-order valence-electron chi connectivity index (χ1n) is 7.76. The predicted molar refractivity (Wildman–Crippen MR) is 103 cm³/mol. The first-order chi connectivity index (χ1) is 11.6. The van der Waals surface area contributed by atoms with Crippen LogP contribution in [0.15, 0.2) is 42.5 Å². The highest BCUT2D eigenvalue weighted by Crippen LogP contribution is 2.38. The normalized spacial score (nSPS) is 21.2. The Morgan fingerprint density at radius 1 is 1.17 bits per heavy atom. The maximum absolute atomic E-state index is 12.5. The predicted octanol–water partition coefficient (Wildman–Crippen LogP) is 4.28. The molecule has 1 aliphatic heterocycles. The summed E-state index contributed by atoms with van der Waals surface area (Å²) in [7, 11) is 0. The Bertz CT molecular complexity index is 733. The van der Waals surface area contributed by atoms with Crippen LogP contribution in [0, 0.1) is 0 Å². The number of hydrogen-bond acceptors (Lipinski definition) is 3. The molecule has 3 nitrogen and oxygen atoms in total. The second-order valence-corrected chi connectivity index (χ2v) is 7.73. The van der Waals surface area contributed by atoms with Crippen LogP contribution in [0.1, 0.15) is 17.2 Å². The molecule has 6 heteroatoms. The van der Waals surface area contributed by atoms with Gasteiger partial charge in [0.25, 0.3) is 0 Å². The van der Waals surface area contributed by atoms with Crippen molar-refractivity contribution in [3.8, 4) is 11.1 Å². The molecule has 2 unspecified atom stereocenters. The lowest BCUT2D eigenvalue weighted by atomic mass is 10.0. The van der Waals surface area contributed by atoms with Crippen molar-refractivity contribution in [1.29, 1.82) is 0 Å². The third kappa shape index (κ3) is 3.72. The number of carbonyl (C=O) groups excluding carboxylic acids is 1. The highest BCUT2D eigenvalue weighted by molar-refractivity contribution is 8.00. The van der Waals surface area contributed by atoms with Gasteiger partial charge in [-0.05, 0) is 41.5 Å². The van der Waals surface area contributed by atoms with Crippen molar-refractivity contribution in [2.75, 3.05) is 12.3 Å². The van der Waals surface area contributed by atoms with Crippen molar-refractivity contribution in [2.45, 2.75) is 17.7 Å². The Hall–Kier alpha value is -1.20. The molecule has 0 aliphatic carbocycles. The summed E-state index contributed by atoms with van der Waals surface area (Å²) in [6.45, 7) is 0.467. The molecular weight excluding hydrogens is 363 g/mol. The Morgan fingerprint density at radius 3 is 2.58 bits per heavy atom. The number of halogens is 2. The van der Waals surface area contributed by atoms with Crippen molar-refractivity contribution >= 4 is 40.9 Å². The molecule has 24 heavy (non-hydrogen) atoms. The number of amides is 1. The second-order valence-electron chi connectivity index (χ2n) is 5.70. The topological polar surface area (TPSA) is 55.1 Å².